The Bertz CT molecular complexity index is 1310. The minimum absolute atomic E-state index is 0.0648. The van der Waals surface area contributed by atoms with Gasteiger partial charge in [-0.1, -0.05) is 42.5 Å². The third-order valence-electron chi connectivity index (χ3n) is 8.29. The second kappa shape index (κ2) is 13.6. The first-order chi connectivity index (χ1) is 20.5. The number of amides is 3. The molecular weight excluding hydrogens is 553 g/mol. The summed E-state index contributed by atoms with van der Waals surface area (Å²) in [5.41, 5.74) is 5.63. The second-order valence-corrected chi connectivity index (χ2v) is 11.9. The van der Waals surface area contributed by atoms with Crippen LogP contribution in [-0.2, 0) is 30.5 Å². The number of benzene rings is 2. The molecule has 0 radical (unpaired) electrons. The van der Waals surface area contributed by atoms with E-state index in [1.165, 1.54) is 19.2 Å². The summed E-state index contributed by atoms with van der Waals surface area (Å²) in [7, 11) is 3.11. The number of aliphatic imine (C=N–C) groups is 1. The van der Waals surface area contributed by atoms with E-state index in [1.54, 1.807) is 42.8 Å². The Morgan fingerprint density at radius 1 is 1.19 bits per heavy atom. The summed E-state index contributed by atoms with van der Waals surface area (Å²) in [6.07, 6.45) is 1.13. The lowest BCUT2D eigenvalue weighted by molar-refractivity contribution is -0.147. The average molecular weight is 596 g/mol. The Morgan fingerprint density at radius 3 is 2.51 bits per heavy atom. The van der Waals surface area contributed by atoms with E-state index in [9.17, 15) is 18.8 Å². The van der Waals surface area contributed by atoms with Gasteiger partial charge in [-0.15, -0.1) is 0 Å². The van der Waals surface area contributed by atoms with Crippen molar-refractivity contribution in [3.63, 3.8) is 0 Å². The van der Waals surface area contributed by atoms with E-state index in [2.05, 4.69) is 10.3 Å². The molecule has 0 saturated carbocycles. The highest BCUT2D eigenvalue weighted by atomic mass is 19.1. The predicted molar refractivity (Wildman–Crippen MR) is 161 cm³/mol. The van der Waals surface area contributed by atoms with Crippen molar-refractivity contribution >= 4 is 23.6 Å². The largest absolute Gasteiger partial charge is 0.483 e. The first-order valence-corrected chi connectivity index (χ1v) is 14.5. The summed E-state index contributed by atoms with van der Waals surface area (Å²) in [5, 5.41) is 2.78. The highest BCUT2D eigenvalue weighted by molar-refractivity contribution is 5.94. The molecule has 2 unspecified atom stereocenters. The third-order valence-corrected chi connectivity index (χ3v) is 8.29. The first-order valence-electron chi connectivity index (χ1n) is 14.5. The molecule has 0 bridgehead atoms. The molecule has 2 aromatic carbocycles. The predicted octanol–water partition coefficient (Wildman–Crippen LogP) is 2.47. The van der Waals surface area contributed by atoms with E-state index < -0.39 is 22.9 Å². The van der Waals surface area contributed by atoms with Gasteiger partial charge in [0.15, 0.2) is 0 Å². The van der Waals surface area contributed by atoms with E-state index >= 15 is 0 Å². The third kappa shape index (κ3) is 7.40. The van der Waals surface area contributed by atoms with Gasteiger partial charge in [0.1, 0.15) is 11.9 Å². The van der Waals surface area contributed by atoms with Gasteiger partial charge in [-0.05, 0) is 49.9 Å². The van der Waals surface area contributed by atoms with Gasteiger partial charge in [0.2, 0.25) is 23.6 Å². The Hall–Kier alpha value is -3.83. The van der Waals surface area contributed by atoms with Crippen LogP contribution in [0.25, 0.3) is 0 Å². The van der Waals surface area contributed by atoms with Crippen molar-refractivity contribution < 1.29 is 28.2 Å². The molecule has 232 valence electrons. The van der Waals surface area contributed by atoms with Crippen molar-refractivity contribution in [1.82, 2.24) is 15.1 Å². The van der Waals surface area contributed by atoms with Crippen molar-refractivity contribution in [2.24, 2.45) is 16.1 Å². The van der Waals surface area contributed by atoms with Crippen molar-refractivity contribution in [1.29, 1.82) is 0 Å². The molecule has 4 rings (SSSR count). The monoisotopic (exact) mass is 595 g/mol. The number of halogens is 1. The topological polar surface area (TPSA) is 127 Å². The molecule has 0 aliphatic carbocycles. The Morgan fingerprint density at radius 2 is 1.88 bits per heavy atom. The van der Waals surface area contributed by atoms with Crippen LogP contribution in [0.5, 0.6) is 0 Å². The zero-order chi connectivity index (χ0) is 31.2. The van der Waals surface area contributed by atoms with Crippen LogP contribution >= 0.6 is 0 Å². The number of nitrogens with zero attached hydrogens (tertiary/aromatic N) is 3. The molecular formula is C32H42FN5O5. The number of rotatable bonds is 10. The minimum Gasteiger partial charge on any atom is -0.483 e. The quantitative estimate of drug-likeness (QED) is 0.321. The zero-order valence-electron chi connectivity index (χ0n) is 25.3. The molecule has 2 heterocycles. The molecule has 3 N–H and O–H groups in total. The van der Waals surface area contributed by atoms with Gasteiger partial charge in [-0.3, -0.25) is 19.4 Å². The van der Waals surface area contributed by atoms with Crippen LogP contribution in [0, 0.1) is 11.2 Å². The summed E-state index contributed by atoms with van der Waals surface area (Å²) >= 11 is 0. The smallest absolute Gasteiger partial charge is 0.247 e. The molecule has 2 aliphatic heterocycles. The number of nitrogens with two attached hydrogens (primary N) is 1. The highest BCUT2D eigenvalue weighted by Crippen LogP contribution is 2.49. The van der Waals surface area contributed by atoms with Gasteiger partial charge < -0.3 is 30.3 Å². The van der Waals surface area contributed by atoms with Gasteiger partial charge in [0.05, 0.1) is 37.8 Å². The van der Waals surface area contributed by atoms with E-state index in [1.807, 2.05) is 30.3 Å². The normalized spacial score (nSPS) is 21.7. The Kier molecular flexibility index (Phi) is 10.2. The van der Waals surface area contributed by atoms with E-state index in [-0.39, 0.29) is 49.9 Å². The lowest BCUT2D eigenvalue weighted by atomic mass is 9.69. The minimum atomic E-state index is -1.21. The van der Waals surface area contributed by atoms with E-state index in [0.717, 1.165) is 11.1 Å². The molecule has 2 aliphatic rings. The number of nitrogens with one attached hydrogen (secondary N) is 1. The van der Waals surface area contributed by atoms with Crippen molar-refractivity contribution in [3.05, 3.63) is 71.5 Å². The van der Waals surface area contributed by atoms with Crippen LogP contribution in [0.1, 0.15) is 43.7 Å². The van der Waals surface area contributed by atoms with Gasteiger partial charge >= 0.3 is 0 Å². The molecule has 3 atom stereocenters. The second-order valence-electron chi connectivity index (χ2n) is 11.9. The number of likely N-dealkylation sites (tertiary alicyclic amines) is 2. The molecule has 0 aromatic heterocycles. The summed E-state index contributed by atoms with van der Waals surface area (Å²) in [4.78, 5) is 48.6. The molecule has 43 heavy (non-hydrogen) atoms. The van der Waals surface area contributed by atoms with Crippen molar-refractivity contribution in [2.45, 2.75) is 50.8 Å². The Balaban J connectivity index is 1.60. The number of hydrogen-bond donors (Lipinski definition) is 2. The first kappa shape index (κ1) is 32.1. The fourth-order valence-corrected chi connectivity index (χ4v) is 5.93. The van der Waals surface area contributed by atoms with Crippen molar-refractivity contribution in [3.8, 4) is 0 Å². The van der Waals surface area contributed by atoms with Gasteiger partial charge in [-0.2, -0.15) is 0 Å². The highest BCUT2D eigenvalue weighted by Gasteiger charge is 2.57. The molecule has 10 nitrogen and oxygen atoms in total. The zero-order valence-corrected chi connectivity index (χ0v) is 25.3. The summed E-state index contributed by atoms with van der Waals surface area (Å²) < 4.78 is 25.1. The molecule has 1 spiro atoms. The maximum atomic E-state index is 14.2. The molecule has 2 saturated heterocycles. The summed E-state index contributed by atoms with van der Waals surface area (Å²) in [6.45, 7) is 4.46. The summed E-state index contributed by atoms with van der Waals surface area (Å²) in [6, 6.07) is 14.7. The lowest BCUT2D eigenvalue weighted by Crippen LogP contribution is -2.60. The van der Waals surface area contributed by atoms with E-state index in [4.69, 9.17) is 15.2 Å². The van der Waals surface area contributed by atoms with E-state index in [0.29, 0.717) is 31.8 Å². The number of carbonyl (C=O) groups excluding carboxylic acids is 3. The number of hydrogen-bond acceptors (Lipinski definition) is 7. The van der Waals surface area contributed by atoms with Crippen LogP contribution in [0.4, 0.5) is 4.39 Å². The van der Waals surface area contributed by atoms with Crippen LogP contribution in [0.15, 0.2) is 59.6 Å². The maximum Gasteiger partial charge on any atom is 0.247 e. The SMILES string of the molecule is CN=C(CN1CC(c2ccc(F)cc2)C2(CCCN(C(=O)[C@@H](COCc3ccccc3)NC(=O)C(C)(C)N)C2)C1=O)OC. The van der Waals surface area contributed by atoms with Crippen LogP contribution < -0.4 is 11.1 Å². The number of ether oxygens (including phenoxy) is 2. The van der Waals surface area contributed by atoms with Crippen LogP contribution in [0.2, 0.25) is 0 Å². The maximum absolute atomic E-state index is 14.2. The fraction of sp³-hybridized carbons (Fsp3) is 0.500. The van der Waals surface area contributed by atoms with Crippen LogP contribution in [0.3, 0.4) is 0 Å². The van der Waals surface area contributed by atoms with Gasteiger partial charge in [-0.25, -0.2) is 4.39 Å². The summed E-state index contributed by atoms with van der Waals surface area (Å²) in [5.74, 6) is -1.19. The lowest BCUT2D eigenvalue weighted by Gasteiger charge is -2.43. The number of methoxy groups -OCH3 is 1. The average Bonchev–Trinajstić information content (AvgIpc) is 3.25. The molecule has 2 aromatic rings. The molecule has 2 fully saturated rings. The van der Waals surface area contributed by atoms with Crippen LogP contribution in [-0.4, -0.2) is 91.9 Å². The number of carbonyl (C=O) groups is 3. The van der Waals surface area contributed by atoms with Crippen molar-refractivity contribution in [2.75, 3.05) is 46.9 Å². The number of piperidine rings is 1. The van der Waals surface area contributed by atoms with Gasteiger partial charge in [0.25, 0.3) is 0 Å². The Labute approximate surface area is 252 Å². The fourth-order valence-electron chi connectivity index (χ4n) is 5.93. The molecule has 3 amide bonds. The van der Waals surface area contributed by atoms with Gasteiger partial charge in [0, 0.05) is 32.6 Å². The molecule has 11 heteroatoms. The standard InChI is InChI=1S/C32H42FN5O5/c1-31(2,34)29(40)36-26(20-43-19-22-9-6-5-7-10-22)28(39)37-16-8-15-32(21-37)25(23-11-13-24(33)14-12-23)17-38(30(32)41)18-27(35-3)42-4/h5-7,9-14,25-26H,8,15-21,34H2,1-4H3,(H,36,40)/t25?,26-,32?/m1/s1.